The molecule has 33 heavy (non-hydrogen) atoms. The Morgan fingerprint density at radius 3 is 2.48 bits per heavy atom. The molecule has 3 aromatic rings. The van der Waals surface area contributed by atoms with E-state index >= 15 is 0 Å². The zero-order valence-electron chi connectivity index (χ0n) is 18.7. The number of pyridine rings is 1. The lowest BCUT2D eigenvalue weighted by Gasteiger charge is -2.19. The van der Waals surface area contributed by atoms with Gasteiger partial charge < -0.3 is 10.5 Å². The molecule has 0 fully saturated rings. The van der Waals surface area contributed by atoms with Crippen molar-refractivity contribution in [2.45, 2.75) is 37.8 Å². The van der Waals surface area contributed by atoms with Gasteiger partial charge in [-0.2, -0.15) is 4.31 Å². The van der Waals surface area contributed by atoms with Crippen molar-refractivity contribution in [2.24, 2.45) is 5.73 Å². The van der Waals surface area contributed by atoms with Crippen molar-refractivity contribution in [3.8, 4) is 11.1 Å². The topological polar surface area (TPSA) is 125 Å². The number of nitrogens with zero attached hydrogens (tertiary/aromatic N) is 3. The number of primary amides is 1. The first-order valence-electron chi connectivity index (χ1n) is 10.0. The molecule has 0 radical (unpaired) electrons. The van der Waals surface area contributed by atoms with E-state index in [0.29, 0.717) is 22.0 Å². The molecule has 11 heteroatoms. The maximum absolute atomic E-state index is 13.9. The van der Waals surface area contributed by atoms with Gasteiger partial charge in [0.05, 0.1) is 5.52 Å². The molecule has 0 aliphatic heterocycles. The zero-order chi connectivity index (χ0) is 24.6. The predicted molar refractivity (Wildman–Crippen MR) is 120 cm³/mol. The number of hydrogen-bond donors (Lipinski definition) is 1. The molecule has 176 valence electrons. The van der Waals surface area contributed by atoms with Gasteiger partial charge in [0, 0.05) is 48.9 Å². The molecule has 2 aromatic heterocycles. The largest absolute Gasteiger partial charge is 0.443 e. The summed E-state index contributed by atoms with van der Waals surface area (Å²) in [6.45, 7) is 5.10. The van der Waals surface area contributed by atoms with E-state index in [2.05, 4.69) is 4.98 Å². The maximum atomic E-state index is 13.9. The molecular formula is C22H25FN4O5S. The monoisotopic (exact) mass is 476 g/mol. The van der Waals surface area contributed by atoms with Gasteiger partial charge in [-0.25, -0.2) is 22.6 Å². The molecule has 0 spiro atoms. The fraction of sp³-hybridized carbons (Fsp3) is 0.318. The molecule has 0 saturated heterocycles. The van der Waals surface area contributed by atoms with Crippen LogP contribution in [0.15, 0.2) is 47.8 Å². The Balaban J connectivity index is 2.00. The number of sulfonamides is 1. The van der Waals surface area contributed by atoms with Gasteiger partial charge in [-0.05, 0) is 51.1 Å². The number of fused-ring (bicyclic) bond motifs is 1. The summed E-state index contributed by atoms with van der Waals surface area (Å²) in [5, 5.41) is 0.360. The van der Waals surface area contributed by atoms with Crippen LogP contribution < -0.4 is 5.73 Å². The highest BCUT2D eigenvalue weighted by molar-refractivity contribution is 7.89. The molecule has 0 aliphatic rings. The summed E-state index contributed by atoms with van der Waals surface area (Å²) in [5.74, 6) is -1.13. The molecule has 0 aliphatic carbocycles. The van der Waals surface area contributed by atoms with Gasteiger partial charge in [0.15, 0.2) is 5.03 Å². The van der Waals surface area contributed by atoms with Gasteiger partial charge in [0.25, 0.3) is 10.0 Å². The maximum Gasteiger partial charge on any atom is 0.419 e. The average Bonchev–Trinajstić information content (AvgIpc) is 3.09. The number of carbonyl (C=O) groups excluding carboxylic acids is 2. The van der Waals surface area contributed by atoms with Gasteiger partial charge in [0.1, 0.15) is 11.4 Å². The minimum atomic E-state index is -3.92. The first-order chi connectivity index (χ1) is 15.3. The van der Waals surface area contributed by atoms with Crippen LogP contribution in [0.3, 0.4) is 0 Å². The third kappa shape index (κ3) is 5.37. The summed E-state index contributed by atoms with van der Waals surface area (Å²) >= 11 is 0. The summed E-state index contributed by atoms with van der Waals surface area (Å²) in [4.78, 5) is 27.7. The second-order valence-corrected chi connectivity index (χ2v) is 10.5. The van der Waals surface area contributed by atoms with Crippen LogP contribution in [-0.4, -0.2) is 53.5 Å². The molecule has 1 aromatic carbocycles. The molecule has 0 bridgehead atoms. The van der Waals surface area contributed by atoms with Crippen LogP contribution in [0.4, 0.5) is 9.18 Å². The van der Waals surface area contributed by atoms with Gasteiger partial charge in [-0.15, -0.1) is 0 Å². The number of halogens is 1. The van der Waals surface area contributed by atoms with Crippen molar-refractivity contribution >= 4 is 32.9 Å². The SMILES string of the molecule is CN(CCC(N)=O)S(=O)(=O)c1ccc(-c2cn(C(=O)OC(C)(C)C)c3cc(F)ccc23)cn1. The van der Waals surface area contributed by atoms with Gasteiger partial charge in [-0.3, -0.25) is 9.36 Å². The fourth-order valence-corrected chi connectivity index (χ4v) is 4.21. The Bertz CT molecular complexity index is 1310. The number of aromatic nitrogens is 2. The molecule has 9 nitrogen and oxygen atoms in total. The standard InChI is InChI=1S/C22H25FN4O5S/c1-22(2,3)32-21(29)27-13-17(16-7-6-15(23)11-18(16)27)14-5-8-20(25-12-14)33(30,31)26(4)10-9-19(24)28/h5-8,11-13H,9-10H2,1-4H3,(H2,24,28). The Morgan fingerprint density at radius 2 is 1.91 bits per heavy atom. The number of benzene rings is 1. The molecule has 3 rings (SSSR count). The second-order valence-electron chi connectivity index (χ2n) is 8.48. The van der Waals surface area contributed by atoms with Crippen LogP contribution in [0.25, 0.3) is 22.0 Å². The lowest BCUT2D eigenvalue weighted by atomic mass is 10.1. The highest BCUT2D eigenvalue weighted by Gasteiger charge is 2.24. The second kappa shape index (κ2) is 8.91. The van der Waals surface area contributed by atoms with E-state index in [4.69, 9.17) is 10.5 Å². The average molecular weight is 477 g/mol. The number of rotatable bonds is 6. The minimum Gasteiger partial charge on any atom is -0.443 e. The lowest BCUT2D eigenvalue weighted by molar-refractivity contribution is -0.118. The van der Waals surface area contributed by atoms with Gasteiger partial charge in [0.2, 0.25) is 5.91 Å². The summed E-state index contributed by atoms with van der Waals surface area (Å²) in [6, 6.07) is 6.89. The van der Waals surface area contributed by atoms with Crippen molar-refractivity contribution < 1.29 is 27.1 Å². The van der Waals surface area contributed by atoms with E-state index in [9.17, 15) is 22.4 Å². The molecule has 0 atom stereocenters. The highest BCUT2D eigenvalue weighted by Crippen LogP contribution is 2.32. The van der Waals surface area contributed by atoms with Crippen molar-refractivity contribution in [1.29, 1.82) is 0 Å². The third-order valence-corrected chi connectivity index (χ3v) is 6.53. The van der Waals surface area contributed by atoms with Gasteiger partial charge in [-0.1, -0.05) is 0 Å². The first kappa shape index (κ1) is 24.3. The van der Waals surface area contributed by atoms with Crippen molar-refractivity contribution in [1.82, 2.24) is 13.9 Å². The number of carbonyl (C=O) groups is 2. The Hall–Kier alpha value is -3.31. The number of hydrogen-bond acceptors (Lipinski definition) is 6. The van der Waals surface area contributed by atoms with Crippen LogP contribution in [0.2, 0.25) is 0 Å². The van der Waals surface area contributed by atoms with Crippen LogP contribution in [-0.2, 0) is 19.6 Å². The summed E-state index contributed by atoms with van der Waals surface area (Å²) in [5.41, 5.74) is 5.71. The molecule has 0 saturated carbocycles. The summed E-state index contributed by atoms with van der Waals surface area (Å²) < 4.78 is 46.9. The first-order valence-corrected chi connectivity index (χ1v) is 11.5. The molecular weight excluding hydrogens is 451 g/mol. The van der Waals surface area contributed by atoms with Crippen LogP contribution in [0.1, 0.15) is 27.2 Å². The highest BCUT2D eigenvalue weighted by atomic mass is 32.2. The Kier molecular flexibility index (Phi) is 6.57. The number of ether oxygens (including phenoxy) is 1. The minimum absolute atomic E-state index is 0.0734. The normalized spacial score (nSPS) is 12.3. The van der Waals surface area contributed by atoms with Crippen molar-refractivity contribution in [3.05, 3.63) is 48.5 Å². The van der Waals surface area contributed by atoms with E-state index < -0.39 is 33.4 Å². The van der Waals surface area contributed by atoms with Crippen molar-refractivity contribution in [2.75, 3.05) is 13.6 Å². The van der Waals surface area contributed by atoms with E-state index in [1.807, 2.05) is 0 Å². The van der Waals surface area contributed by atoms with Crippen molar-refractivity contribution in [3.63, 3.8) is 0 Å². The molecule has 2 N–H and O–H groups in total. The van der Waals surface area contributed by atoms with Crippen LogP contribution in [0.5, 0.6) is 0 Å². The lowest BCUT2D eigenvalue weighted by Crippen LogP contribution is -2.31. The molecule has 1 amide bonds. The smallest absolute Gasteiger partial charge is 0.419 e. The Labute approximate surface area is 191 Å². The van der Waals surface area contributed by atoms with E-state index in [0.717, 1.165) is 4.31 Å². The van der Waals surface area contributed by atoms with Crippen LogP contribution >= 0.6 is 0 Å². The zero-order valence-corrected chi connectivity index (χ0v) is 19.5. The summed E-state index contributed by atoms with van der Waals surface area (Å²) in [6.07, 6.45) is 2.07. The van der Waals surface area contributed by atoms with Gasteiger partial charge >= 0.3 is 6.09 Å². The van der Waals surface area contributed by atoms with E-state index in [1.54, 1.807) is 26.8 Å². The Morgan fingerprint density at radius 1 is 1.21 bits per heavy atom. The molecule has 2 heterocycles. The van der Waals surface area contributed by atoms with E-state index in [-0.39, 0.29) is 18.0 Å². The summed E-state index contributed by atoms with van der Waals surface area (Å²) in [7, 11) is -2.59. The number of amides is 1. The quantitative estimate of drug-likeness (QED) is 0.583. The molecule has 0 unspecified atom stereocenters. The predicted octanol–water partition coefficient (Wildman–Crippen LogP) is 3.12. The third-order valence-electron chi connectivity index (χ3n) is 4.75. The van der Waals surface area contributed by atoms with Crippen LogP contribution in [0, 0.1) is 5.82 Å². The van der Waals surface area contributed by atoms with E-state index in [1.165, 1.54) is 48.3 Å². The fourth-order valence-electron chi connectivity index (χ4n) is 3.13. The number of nitrogens with two attached hydrogens (primary N) is 1.